The van der Waals surface area contributed by atoms with Gasteiger partial charge < -0.3 is 9.47 Å². The molecule has 2 fully saturated rings. The molecule has 1 aromatic rings. The van der Waals surface area contributed by atoms with Crippen molar-refractivity contribution in [2.75, 3.05) is 47.5 Å². The quantitative estimate of drug-likeness (QED) is 0.801. The summed E-state index contributed by atoms with van der Waals surface area (Å²) in [5.41, 5.74) is -0.0251. The van der Waals surface area contributed by atoms with Gasteiger partial charge in [-0.2, -0.15) is 4.31 Å². The summed E-state index contributed by atoms with van der Waals surface area (Å²) < 4.78 is 37.3. The van der Waals surface area contributed by atoms with E-state index in [0.29, 0.717) is 29.7 Å². The zero-order valence-corrected chi connectivity index (χ0v) is 14.7. The molecule has 3 rings (SSSR count). The number of likely N-dealkylation sites (N-methyl/N-ethyl adjacent to an activating group) is 1. The van der Waals surface area contributed by atoms with Gasteiger partial charge in [0.25, 0.3) is 0 Å². The van der Waals surface area contributed by atoms with E-state index >= 15 is 0 Å². The van der Waals surface area contributed by atoms with Crippen LogP contribution in [0.1, 0.15) is 6.42 Å². The molecule has 0 saturated carbocycles. The van der Waals surface area contributed by atoms with E-state index in [1.54, 1.807) is 42.8 Å². The molecule has 23 heavy (non-hydrogen) atoms. The van der Waals surface area contributed by atoms with Gasteiger partial charge in [0.15, 0.2) is 0 Å². The first-order valence-electron chi connectivity index (χ1n) is 7.76. The molecule has 0 radical (unpaired) electrons. The lowest BCUT2D eigenvalue weighted by atomic mass is 9.87. The Morgan fingerprint density at radius 2 is 1.87 bits per heavy atom. The third-order valence-corrected chi connectivity index (χ3v) is 6.86. The monoisotopic (exact) mass is 340 g/mol. The topological polar surface area (TPSA) is 59.1 Å². The standard InChI is InChI=1S/C16H24N2O4S/c1-17-9-13(10-21-2)8-16(17)11-18(12-16)23(19,20)15-6-4-14(22-3)5-7-15/h4-7,13H,8-12H2,1-3H3/t13-/m1/s1. The zero-order chi connectivity index (χ0) is 16.7. The van der Waals surface area contributed by atoms with Crippen LogP contribution >= 0.6 is 0 Å². The van der Waals surface area contributed by atoms with E-state index in [2.05, 4.69) is 11.9 Å². The summed E-state index contributed by atoms with van der Waals surface area (Å²) in [7, 11) is 1.93. The first-order valence-corrected chi connectivity index (χ1v) is 9.20. The second-order valence-electron chi connectivity index (χ2n) is 6.58. The molecule has 2 aliphatic rings. The summed E-state index contributed by atoms with van der Waals surface area (Å²) in [6, 6.07) is 6.56. The Morgan fingerprint density at radius 3 is 2.43 bits per heavy atom. The summed E-state index contributed by atoms with van der Waals surface area (Å²) in [5, 5.41) is 0. The molecule has 0 unspecified atom stereocenters. The Labute approximate surface area is 138 Å². The third kappa shape index (κ3) is 2.87. The lowest BCUT2D eigenvalue weighted by Crippen LogP contribution is -2.67. The van der Waals surface area contributed by atoms with Crippen molar-refractivity contribution in [2.24, 2.45) is 5.92 Å². The molecule has 0 aromatic heterocycles. The Balaban J connectivity index is 1.70. The number of nitrogens with zero attached hydrogens (tertiary/aromatic N) is 2. The first kappa shape index (κ1) is 16.7. The van der Waals surface area contributed by atoms with E-state index < -0.39 is 10.0 Å². The van der Waals surface area contributed by atoms with Crippen LogP contribution in [0.4, 0.5) is 0 Å². The van der Waals surface area contributed by atoms with Gasteiger partial charge >= 0.3 is 0 Å². The van der Waals surface area contributed by atoms with Crippen LogP contribution in [0.5, 0.6) is 5.75 Å². The van der Waals surface area contributed by atoms with Gasteiger partial charge in [0.05, 0.1) is 18.6 Å². The SMILES string of the molecule is COC[C@H]1CN(C)C2(C1)CN(S(=O)(=O)c1ccc(OC)cc1)C2. The molecule has 0 aliphatic carbocycles. The minimum atomic E-state index is -3.42. The first-order chi connectivity index (χ1) is 10.9. The van der Waals surface area contributed by atoms with E-state index in [9.17, 15) is 8.42 Å². The molecule has 2 aliphatic heterocycles. The normalized spacial score (nSPS) is 24.7. The minimum absolute atomic E-state index is 0.0251. The van der Waals surface area contributed by atoms with Gasteiger partial charge in [0.2, 0.25) is 10.0 Å². The molecule has 0 bridgehead atoms. The molecule has 128 valence electrons. The van der Waals surface area contributed by atoms with Crippen molar-refractivity contribution in [3.63, 3.8) is 0 Å². The summed E-state index contributed by atoms with van der Waals surface area (Å²) in [5.74, 6) is 1.14. The number of likely N-dealkylation sites (tertiary alicyclic amines) is 1. The molecule has 0 amide bonds. The molecule has 2 saturated heterocycles. The van der Waals surface area contributed by atoms with Crippen LogP contribution in [0.3, 0.4) is 0 Å². The fourth-order valence-electron chi connectivity index (χ4n) is 3.73. The van der Waals surface area contributed by atoms with Crippen LogP contribution < -0.4 is 4.74 Å². The molecule has 7 heteroatoms. The summed E-state index contributed by atoms with van der Waals surface area (Å²) in [6.45, 7) is 2.80. The molecular weight excluding hydrogens is 316 g/mol. The molecule has 1 aromatic carbocycles. The van der Waals surface area contributed by atoms with E-state index in [1.165, 1.54) is 0 Å². The molecule has 2 heterocycles. The highest BCUT2D eigenvalue weighted by Crippen LogP contribution is 2.41. The van der Waals surface area contributed by atoms with Gasteiger partial charge in [0, 0.05) is 32.3 Å². The van der Waals surface area contributed by atoms with Crippen LogP contribution in [0, 0.1) is 5.92 Å². The largest absolute Gasteiger partial charge is 0.497 e. The lowest BCUT2D eigenvalue weighted by molar-refractivity contribution is 0.0372. The number of sulfonamides is 1. The van der Waals surface area contributed by atoms with Gasteiger partial charge in [-0.15, -0.1) is 0 Å². The second-order valence-corrected chi connectivity index (χ2v) is 8.52. The molecule has 1 atom stereocenters. The maximum atomic E-state index is 12.7. The number of ether oxygens (including phenoxy) is 2. The maximum Gasteiger partial charge on any atom is 0.243 e. The predicted molar refractivity (Wildman–Crippen MR) is 87.1 cm³/mol. The van der Waals surface area contributed by atoms with Crippen molar-refractivity contribution >= 4 is 10.0 Å². The molecule has 0 N–H and O–H groups in total. The summed E-state index contributed by atoms with van der Waals surface area (Å²) in [4.78, 5) is 2.61. The third-order valence-electron chi connectivity index (χ3n) is 5.05. The van der Waals surface area contributed by atoms with Crippen LogP contribution in [0.25, 0.3) is 0 Å². The minimum Gasteiger partial charge on any atom is -0.497 e. The average Bonchev–Trinajstić information content (AvgIpc) is 2.83. The van der Waals surface area contributed by atoms with Gasteiger partial charge in [-0.05, 0) is 43.7 Å². The summed E-state index contributed by atoms with van der Waals surface area (Å²) >= 11 is 0. The van der Waals surface area contributed by atoms with Crippen LogP contribution in [-0.2, 0) is 14.8 Å². The Bertz CT molecular complexity index is 653. The van der Waals surface area contributed by atoms with Crippen LogP contribution in [0.2, 0.25) is 0 Å². The van der Waals surface area contributed by atoms with Crippen LogP contribution in [-0.4, -0.2) is 70.7 Å². The number of hydrogen-bond acceptors (Lipinski definition) is 5. The maximum absolute atomic E-state index is 12.7. The smallest absolute Gasteiger partial charge is 0.243 e. The van der Waals surface area contributed by atoms with Crippen molar-refractivity contribution in [1.82, 2.24) is 9.21 Å². The Morgan fingerprint density at radius 1 is 1.22 bits per heavy atom. The zero-order valence-electron chi connectivity index (χ0n) is 13.9. The predicted octanol–water partition coefficient (Wildman–Crippen LogP) is 1.04. The average molecular weight is 340 g/mol. The second kappa shape index (κ2) is 6.05. The number of hydrogen-bond donors (Lipinski definition) is 0. The van der Waals surface area contributed by atoms with E-state index in [1.807, 2.05) is 0 Å². The van der Waals surface area contributed by atoms with E-state index in [-0.39, 0.29) is 5.54 Å². The fourth-order valence-corrected chi connectivity index (χ4v) is 5.33. The molecule has 1 spiro atoms. The Kier molecular flexibility index (Phi) is 4.39. The van der Waals surface area contributed by atoms with Crippen molar-refractivity contribution in [2.45, 2.75) is 16.9 Å². The number of rotatable bonds is 5. The highest BCUT2D eigenvalue weighted by atomic mass is 32.2. The van der Waals surface area contributed by atoms with Crippen molar-refractivity contribution < 1.29 is 17.9 Å². The van der Waals surface area contributed by atoms with Crippen LogP contribution in [0.15, 0.2) is 29.2 Å². The lowest BCUT2D eigenvalue weighted by Gasteiger charge is -2.50. The number of benzene rings is 1. The molecule has 6 nitrogen and oxygen atoms in total. The summed E-state index contributed by atoms with van der Waals surface area (Å²) in [6.07, 6.45) is 0.992. The van der Waals surface area contributed by atoms with E-state index in [4.69, 9.17) is 9.47 Å². The Hall–Kier alpha value is -1.15. The van der Waals surface area contributed by atoms with Crippen molar-refractivity contribution in [3.8, 4) is 5.75 Å². The van der Waals surface area contributed by atoms with Gasteiger partial charge in [-0.25, -0.2) is 8.42 Å². The molecular formula is C16H24N2O4S. The van der Waals surface area contributed by atoms with Crippen molar-refractivity contribution in [1.29, 1.82) is 0 Å². The van der Waals surface area contributed by atoms with Gasteiger partial charge in [-0.3, -0.25) is 4.90 Å². The highest BCUT2D eigenvalue weighted by molar-refractivity contribution is 7.89. The van der Waals surface area contributed by atoms with E-state index in [0.717, 1.165) is 19.6 Å². The van der Waals surface area contributed by atoms with Gasteiger partial charge in [0.1, 0.15) is 5.75 Å². The van der Waals surface area contributed by atoms with Gasteiger partial charge in [-0.1, -0.05) is 0 Å². The highest BCUT2D eigenvalue weighted by Gasteiger charge is 2.55. The number of methoxy groups -OCH3 is 2. The van der Waals surface area contributed by atoms with Crippen molar-refractivity contribution in [3.05, 3.63) is 24.3 Å². The fraction of sp³-hybridized carbons (Fsp3) is 0.625.